The summed E-state index contributed by atoms with van der Waals surface area (Å²) in [7, 11) is 3.54. The van der Waals surface area contributed by atoms with Crippen LogP contribution in [-0.2, 0) is 0 Å². The third-order valence-corrected chi connectivity index (χ3v) is 5.33. The van der Waals surface area contributed by atoms with Crippen molar-refractivity contribution < 1.29 is 0 Å². The first kappa shape index (κ1) is 9.58. The van der Waals surface area contributed by atoms with Crippen LogP contribution < -0.4 is 0 Å². The lowest BCUT2D eigenvalue weighted by atomic mass is 10.5. The summed E-state index contributed by atoms with van der Waals surface area (Å²) < 4.78 is -0.0115. The fourth-order valence-corrected chi connectivity index (χ4v) is 2.70. The second-order valence-electron chi connectivity index (χ2n) is 2.20. The molecule has 1 fully saturated rings. The van der Waals surface area contributed by atoms with Crippen LogP contribution in [0.5, 0.6) is 0 Å². The molecule has 0 amide bonds. The molecule has 0 saturated carbocycles. The molecule has 0 bridgehead atoms. The van der Waals surface area contributed by atoms with E-state index >= 15 is 0 Å². The maximum atomic E-state index is 4.49. The minimum absolute atomic E-state index is 0.0115. The summed E-state index contributed by atoms with van der Waals surface area (Å²) in [5.74, 6) is 0. The van der Waals surface area contributed by atoms with Gasteiger partial charge in [0.25, 0.3) is 0 Å². The van der Waals surface area contributed by atoms with Crippen LogP contribution in [0.4, 0.5) is 0 Å². The lowest BCUT2D eigenvalue weighted by Gasteiger charge is -2.21. The molecule has 1 aliphatic heterocycles. The minimum Gasteiger partial charge on any atom is -0.263 e. The predicted octanol–water partition coefficient (Wildman–Crippen LogP) is 2.60. The van der Waals surface area contributed by atoms with E-state index in [9.17, 15) is 0 Å². The third kappa shape index (κ3) is 2.47. The van der Waals surface area contributed by atoms with E-state index in [2.05, 4.69) is 30.7 Å². The second kappa shape index (κ2) is 3.94. The molecule has 4 heteroatoms. The summed E-state index contributed by atoms with van der Waals surface area (Å²) in [5.41, 5.74) is 0. The monoisotopic (exact) mass is 205 g/mol. The van der Waals surface area contributed by atoms with Gasteiger partial charge in [0.05, 0.1) is 0 Å². The van der Waals surface area contributed by atoms with Crippen LogP contribution in [0.1, 0.15) is 0 Å². The van der Waals surface area contributed by atoms with Gasteiger partial charge in [-0.1, -0.05) is 12.2 Å². The summed E-state index contributed by atoms with van der Waals surface area (Å²) >= 11 is 4.49. The third-order valence-electron chi connectivity index (χ3n) is 1.33. The Labute approximate surface area is 81.1 Å². The predicted molar refractivity (Wildman–Crippen MR) is 58.9 cm³/mol. The highest BCUT2D eigenvalue weighted by molar-refractivity contribution is 8.96. The van der Waals surface area contributed by atoms with Gasteiger partial charge in [-0.2, -0.15) is 0 Å². The Morgan fingerprint density at radius 3 is 2.00 bits per heavy atom. The zero-order valence-electron chi connectivity index (χ0n) is 6.19. The van der Waals surface area contributed by atoms with Gasteiger partial charge in [0.1, 0.15) is 0 Å². The molecule has 62 valence electrons. The highest BCUT2D eigenvalue weighted by Crippen LogP contribution is 2.68. The van der Waals surface area contributed by atoms with Crippen molar-refractivity contribution in [2.45, 2.75) is 3.54 Å². The van der Waals surface area contributed by atoms with Gasteiger partial charge in [-0.05, 0) is 21.6 Å². The van der Waals surface area contributed by atoms with Gasteiger partial charge >= 0.3 is 0 Å². The fraction of sp³-hybridized carbons (Fsp3) is 0.429. The van der Waals surface area contributed by atoms with Crippen molar-refractivity contribution in [2.75, 3.05) is 13.1 Å². The molecule has 0 spiro atoms. The van der Waals surface area contributed by atoms with E-state index in [1.54, 1.807) is 21.6 Å². The molecule has 0 unspecified atom stereocenters. The van der Waals surface area contributed by atoms with Gasteiger partial charge in [0.15, 0.2) is 3.54 Å². The van der Waals surface area contributed by atoms with Crippen LogP contribution in [0.3, 0.4) is 0 Å². The molecule has 1 saturated heterocycles. The van der Waals surface area contributed by atoms with Gasteiger partial charge in [-0.25, -0.2) is 0 Å². The van der Waals surface area contributed by atoms with E-state index < -0.39 is 0 Å². The number of thiol groups is 1. The fourth-order valence-electron chi connectivity index (χ4n) is 0.760. The topological polar surface area (TPSA) is 3.24 Å². The Balaban J connectivity index is 2.44. The van der Waals surface area contributed by atoms with Gasteiger partial charge in [-0.3, -0.25) is 4.90 Å². The van der Waals surface area contributed by atoms with Crippen molar-refractivity contribution >= 4 is 34.2 Å². The average Bonchev–Trinajstić information content (AvgIpc) is 2.69. The van der Waals surface area contributed by atoms with E-state index in [0.717, 1.165) is 13.1 Å². The molecule has 0 aromatic carbocycles. The zero-order chi connectivity index (χ0) is 8.32. The van der Waals surface area contributed by atoms with E-state index in [-0.39, 0.29) is 3.54 Å². The van der Waals surface area contributed by atoms with Crippen LogP contribution in [0.2, 0.25) is 0 Å². The molecule has 0 radical (unpaired) electrons. The first-order chi connectivity index (χ1) is 5.23. The minimum atomic E-state index is -0.0115. The van der Waals surface area contributed by atoms with Crippen molar-refractivity contribution in [3.63, 3.8) is 0 Å². The van der Waals surface area contributed by atoms with Gasteiger partial charge in [0.2, 0.25) is 0 Å². The summed E-state index contributed by atoms with van der Waals surface area (Å²) in [6, 6.07) is 0. The molecular weight excluding hydrogens is 194 g/mol. The summed E-state index contributed by atoms with van der Waals surface area (Å²) in [6.07, 6.45) is 3.78. The highest BCUT2D eigenvalue weighted by atomic mass is 33.2. The van der Waals surface area contributed by atoms with Crippen molar-refractivity contribution in [2.24, 2.45) is 0 Å². The molecule has 0 N–H and O–H groups in total. The summed E-state index contributed by atoms with van der Waals surface area (Å²) in [4.78, 5) is 2.21. The Morgan fingerprint density at radius 1 is 1.27 bits per heavy atom. The Morgan fingerprint density at radius 2 is 1.73 bits per heavy atom. The SMILES string of the molecule is C=CCN(CC=C)C1(S)SS1. The lowest BCUT2D eigenvalue weighted by Crippen LogP contribution is -2.31. The smallest absolute Gasteiger partial charge is 0.179 e. The van der Waals surface area contributed by atoms with Crippen LogP contribution in [-0.4, -0.2) is 21.5 Å². The van der Waals surface area contributed by atoms with Crippen molar-refractivity contribution in [3.8, 4) is 0 Å². The first-order valence-corrected chi connectivity index (χ1v) is 5.88. The van der Waals surface area contributed by atoms with Crippen LogP contribution in [0, 0.1) is 0 Å². The van der Waals surface area contributed by atoms with Gasteiger partial charge in [0, 0.05) is 13.1 Å². The van der Waals surface area contributed by atoms with E-state index in [4.69, 9.17) is 0 Å². The Kier molecular flexibility index (Phi) is 3.43. The van der Waals surface area contributed by atoms with Crippen LogP contribution in [0.15, 0.2) is 25.3 Å². The van der Waals surface area contributed by atoms with E-state index in [1.165, 1.54) is 0 Å². The highest BCUT2D eigenvalue weighted by Gasteiger charge is 2.47. The molecular formula is C7H11NS3. The molecule has 1 nitrogen and oxygen atoms in total. The molecule has 0 aliphatic carbocycles. The molecule has 0 atom stereocenters. The summed E-state index contributed by atoms with van der Waals surface area (Å²) in [6.45, 7) is 9.13. The van der Waals surface area contributed by atoms with Crippen molar-refractivity contribution in [3.05, 3.63) is 25.3 Å². The normalized spacial score (nSPS) is 19.8. The average molecular weight is 205 g/mol. The standard InChI is InChI=1S/C7H11NS3/c1-3-5-8(6-4-2)7(9)10-11-7/h3-4,9H,1-2,5-6H2. The van der Waals surface area contributed by atoms with Crippen molar-refractivity contribution in [1.82, 2.24) is 4.90 Å². The van der Waals surface area contributed by atoms with E-state index in [1.807, 2.05) is 12.2 Å². The van der Waals surface area contributed by atoms with Crippen molar-refractivity contribution in [1.29, 1.82) is 0 Å². The number of nitrogens with zero attached hydrogens (tertiary/aromatic N) is 1. The van der Waals surface area contributed by atoms with Crippen LogP contribution in [0.25, 0.3) is 0 Å². The molecule has 1 aliphatic rings. The maximum Gasteiger partial charge on any atom is 0.179 e. The van der Waals surface area contributed by atoms with Crippen LogP contribution >= 0.6 is 34.2 Å². The zero-order valence-corrected chi connectivity index (χ0v) is 8.72. The molecule has 1 heterocycles. The van der Waals surface area contributed by atoms with E-state index in [0.29, 0.717) is 0 Å². The molecule has 0 aromatic heterocycles. The molecule has 0 aromatic rings. The maximum absolute atomic E-state index is 4.49. The largest absolute Gasteiger partial charge is 0.263 e. The summed E-state index contributed by atoms with van der Waals surface area (Å²) in [5, 5.41) is 0. The quantitative estimate of drug-likeness (QED) is 0.242. The van der Waals surface area contributed by atoms with Gasteiger partial charge in [-0.15, -0.1) is 25.8 Å². The first-order valence-electron chi connectivity index (χ1n) is 3.29. The molecule has 11 heavy (non-hydrogen) atoms. The Bertz CT molecular complexity index is 155. The molecule has 1 rings (SSSR count). The number of rotatable bonds is 5. The number of hydrogen-bond acceptors (Lipinski definition) is 4. The second-order valence-corrected chi connectivity index (χ2v) is 6.22. The number of hydrogen-bond donors (Lipinski definition) is 1. The Hall–Kier alpha value is 0.490. The van der Waals surface area contributed by atoms with Gasteiger partial charge < -0.3 is 0 Å². The lowest BCUT2D eigenvalue weighted by molar-refractivity contribution is 0.364.